The fraction of sp³-hybridized carbons (Fsp3) is 0.345. The molecule has 1 heterocycles. The van der Waals surface area contributed by atoms with E-state index in [0.717, 1.165) is 46.7 Å². The second-order valence-corrected chi connectivity index (χ2v) is 11.6. The second kappa shape index (κ2) is 11.9. The van der Waals surface area contributed by atoms with Crippen LogP contribution in [0.15, 0.2) is 77.7 Å². The van der Waals surface area contributed by atoms with Crippen molar-refractivity contribution in [1.29, 1.82) is 0 Å². The maximum Gasteiger partial charge on any atom is 0.264 e. The Morgan fingerprint density at radius 1 is 1.03 bits per heavy atom. The number of methoxy groups -OCH3 is 1. The topological polar surface area (TPSA) is 79.0 Å². The molecule has 3 aromatic rings. The van der Waals surface area contributed by atoms with Gasteiger partial charge in [0.1, 0.15) is 18.1 Å². The van der Waals surface area contributed by atoms with Gasteiger partial charge in [0.15, 0.2) is 0 Å². The third-order valence-corrected chi connectivity index (χ3v) is 8.76. The van der Waals surface area contributed by atoms with Crippen molar-refractivity contribution in [3.8, 4) is 5.75 Å². The van der Waals surface area contributed by atoms with Crippen LogP contribution < -0.4 is 19.3 Å². The molecule has 1 aliphatic rings. The van der Waals surface area contributed by atoms with E-state index in [1.807, 2.05) is 19.1 Å². The lowest BCUT2D eigenvalue weighted by Gasteiger charge is -2.32. The first-order chi connectivity index (χ1) is 18.2. The first kappa shape index (κ1) is 27.4. The highest BCUT2D eigenvalue weighted by molar-refractivity contribution is 7.92. The van der Waals surface area contributed by atoms with Gasteiger partial charge in [-0.3, -0.25) is 9.10 Å². The number of nitrogens with zero attached hydrogens (tertiary/aromatic N) is 2. The van der Waals surface area contributed by atoms with Gasteiger partial charge < -0.3 is 15.0 Å². The van der Waals surface area contributed by atoms with Gasteiger partial charge in [-0.05, 0) is 91.9 Å². The zero-order chi connectivity index (χ0) is 27.3. The molecule has 0 bridgehead atoms. The van der Waals surface area contributed by atoms with Gasteiger partial charge in [-0.2, -0.15) is 0 Å². The van der Waals surface area contributed by atoms with Crippen LogP contribution in [0.1, 0.15) is 38.3 Å². The zero-order valence-electron chi connectivity index (χ0n) is 21.9. The van der Waals surface area contributed by atoms with E-state index < -0.39 is 28.3 Å². The first-order valence-corrected chi connectivity index (χ1v) is 14.2. The molecule has 1 N–H and O–H groups in total. The summed E-state index contributed by atoms with van der Waals surface area (Å²) in [4.78, 5) is 15.4. The first-order valence-electron chi connectivity index (χ1n) is 12.7. The van der Waals surface area contributed by atoms with Crippen molar-refractivity contribution >= 4 is 27.3 Å². The third-order valence-electron chi connectivity index (χ3n) is 6.97. The average molecular weight is 540 g/mol. The van der Waals surface area contributed by atoms with E-state index in [-0.39, 0.29) is 16.6 Å². The molecule has 1 aliphatic heterocycles. The molecule has 0 aromatic heterocycles. The number of amides is 1. The van der Waals surface area contributed by atoms with Gasteiger partial charge in [0.25, 0.3) is 10.0 Å². The number of hydrogen-bond acceptors (Lipinski definition) is 5. The summed E-state index contributed by atoms with van der Waals surface area (Å²) < 4.78 is 46.7. The molecular weight excluding hydrogens is 505 g/mol. The highest BCUT2D eigenvalue weighted by Crippen LogP contribution is 2.27. The Morgan fingerprint density at radius 3 is 2.21 bits per heavy atom. The van der Waals surface area contributed by atoms with Crippen LogP contribution in [0.2, 0.25) is 0 Å². The Labute approximate surface area is 224 Å². The van der Waals surface area contributed by atoms with Crippen molar-refractivity contribution in [2.24, 2.45) is 5.92 Å². The van der Waals surface area contributed by atoms with Crippen LogP contribution in [-0.2, 0) is 14.8 Å². The Balaban J connectivity index is 1.49. The van der Waals surface area contributed by atoms with E-state index in [0.29, 0.717) is 5.75 Å². The normalized spacial score (nSPS) is 15.1. The smallest absolute Gasteiger partial charge is 0.264 e. The molecule has 202 valence electrons. The lowest BCUT2D eigenvalue weighted by Crippen LogP contribution is -2.41. The molecule has 1 unspecified atom stereocenters. The van der Waals surface area contributed by atoms with E-state index in [1.165, 1.54) is 56.3 Å². The van der Waals surface area contributed by atoms with Crippen LogP contribution in [0.5, 0.6) is 5.75 Å². The molecule has 1 atom stereocenters. The molecule has 38 heavy (non-hydrogen) atoms. The molecule has 1 saturated heterocycles. The van der Waals surface area contributed by atoms with Crippen LogP contribution in [0.3, 0.4) is 0 Å². The Bertz CT molecular complexity index is 1320. The number of ether oxygens (including phenoxy) is 1. The monoisotopic (exact) mass is 539 g/mol. The van der Waals surface area contributed by atoms with E-state index >= 15 is 0 Å². The molecule has 1 fully saturated rings. The number of piperidine rings is 1. The van der Waals surface area contributed by atoms with Crippen molar-refractivity contribution in [2.45, 2.75) is 37.6 Å². The number of anilines is 2. The minimum Gasteiger partial charge on any atom is -0.497 e. The standard InChI is InChI=1S/C29H34FN3O4S/c1-21-16-18-32(19-17-21)25-8-4-23(5-9-25)22(2)31-29(34)20-33(26-10-6-24(30)7-11-26)38(35,36)28-14-12-27(37-3)13-15-28/h4-15,21-22H,16-20H2,1-3H3,(H,31,34). The summed E-state index contributed by atoms with van der Waals surface area (Å²) in [5.74, 6) is 0.276. The summed E-state index contributed by atoms with van der Waals surface area (Å²) >= 11 is 0. The van der Waals surface area contributed by atoms with Crippen LogP contribution >= 0.6 is 0 Å². The molecule has 4 rings (SSSR count). The van der Waals surface area contributed by atoms with Crippen molar-refractivity contribution in [2.75, 3.05) is 35.9 Å². The highest BCUT2D eigenvalue weighted by atomic mass is 32.2. The van der Waals surface area contributed by atoms with Crippen LogP contribution in [0, 0.1) is 11.7 Å². The van der Waals surface area contributed by atoms with Crippen molar-refractivity contribution in [3.63, 3.8) is 0 Å². The minimum atomic E-state index is -4.12. The molecule has 0 radical (unpaired) electrons. The molecule has 0 spiro atoms. The molecule has 7 nitrogen and oxygen atoms in total. The van der Waals surface area contributed by atoms with Gasteiger partial charge in [-0.15, -0.1) is 0 Å². The summed E-state index contributed by atoms with van der Waals surface area (Å²) in [6, 6.07) is 18.7. The summed E-state index contributed by atoms with van der Waals surface area (Å²) in [6.45, 7) is 5.75. The predicted molar refractivity (Wildman–Crippen MR) is 148 cm³/mol. The number of benzene rings is 3. The highest BCUT2D eigenvalue weighted by Gasteiger charge is 2.28. The molecule has 0 aliphatic carbocycles. The number of nitrogens with one attached hydrogen (secondary N) is 1. The SMILES string of the molecule is COc1ccc(S(=O)(=O)N(CC(=O)NC(C)c2ccc(N3CCC(C)CC3)cc2)c2ccc(F)cc2)cc1. The lowest BCUT2D eigenvalue weighted by atomic mass is 9.98. The number of carbonyl (C=O) groups excluding carboxylic acids is 1. The van der Waals surface area contributed by atoms with Gasteiger partial charge in [0, 0.05) is 18.8 Å². The zero-order valence-corrected chi connectivity index (χ0v) is 22.7. The number of carbonyl (C=O) groups is 1. The van der Waals surface area contributed by atoms with Crippen molar-refractivity contribution in [3.05, 3.63) is 84.2 Å². The summed E-state index contributed by atoms with van der Waals surface area (Å²) in [5.41, 5.74) is 2.26. The molecular formula is C29H34FN3O4S. The molecule has 0 saturated carbocycles. The molecule has 3 aromatic carbocycles. The Kier molecular flexibility index (Phi) is 8.56. The predicted octanol–water partition coefficient (Wildman–Crippen LogP) is 5.14. The van der Waals surface area contributed by atoms with Crippen LogP contribution in [-0.4, -0.2) is 41.1 Å². The summed E-state index contributed by atoms with van der Waals surface area (Å²) in [7, 11) is -2.63. The summed E-state index contributed by atoms with van der Waals surface area (Å²) in [5, 5.41) is 2.90. The quantitative estimate of drug-likeness (QED) is 0.407. The summed E-state index contributed by atoms with van der Waals surface area (Å²) in [6.07, 6.45) is 2.36. The number of halogens is 1. The minimum absolute atomic E-state index is 0.00818. The largest absolute Gasteiger partial charge is 0.497 e. The lowest BCUT2D eigenvalue weighted by molar-refractivity contribution is -0.120. The van der Waals surface area contributed by atoms with Gasteiger partial charge in [0.2, 0.25) is 5.91 Å². The number of hydrogen-bond donors (Lipinski definition) is 1. The van der Waals surface area contributed by atoms with E-state index in [9.17, 15) is 17.6 Å². The van der Waals surface area contributed by atoms with Crippen LogP contribution in [0.4, 0.5) is 15.8 Å². The fourth-order valence-corrected chi connectivity index (χ4v) is 5.96. The van der Waals surface area contributed by atoms with Crippen LogP contribution in [0.25, 0.3) is 0 Å². The Morgan fingerprint density at radius 2 is 1.63 bits per heavy atom. The number of sulfonamides is 1. The van der Waals surface area contributed by atoms with Crippen molar-refractivity contribution in [1.82, 2.24) is 5.32 Å². The number of rotatable bonds is 9. The van der Waals surface area contributed by atoms with Gasteiger partial charge in [-0.25, -0.2) is 12.8 Å². The van der Waals surface area contributed by atoms with E-state index in [2.05, 4.69) is 29.3 Å². The van der Waals surface area contributed by atoms with Gasteiger partial charge in [-0.1, -0.05) is 19.1 Å². The van der Waals surface area contributed by atoms with Crippen molar-refractivity contribution < 1.29 is 22.3 Å². The fourth-order valence-electron chi connectivity index (χ4n) is 4.54. The molecule has 9 heteroatoms. The maximum absolute atomic E-state index is 13.6. The van der Waals surface area contributed by atoms with Gasteiger partial charge >= 0.3 is 0 Å². The maximum atomic E-state index is 13.6. The van der Waals surface area contributed by atoms with E-state index in [4.69, 9.17) is 4.74 Å². The molecule has 1 amide bonds. The average Bonchev–Trinajstić information content (AvgIpc) is 2.93. The van der Waals surface area contributed by atoms with E-state index in [1.54, 1.807) is 0 Å². The Hall–Kier alpha value is -3.59. The second-order valence-electron chi connectivity index (χ2n) is 9.71. The third kappa shape index (κ3) is 6.45. The van der Waals surface area contributed by atoms with Gasteiger partial charge in [0.05, 0.1) is 23.7 Å².